The second-order valence-electron chi connectivity index (χ2n) is 4.37. The summed E-state index contributed by atoms with van der Waals surface area (Å²) in [6, 6.07) is 11.2. The molecule has 0 saturated carbocycles. The standard InChI is InChI=1S/C15H19NS2/c1-10-9-11(2)18-15(10)14(16-3)12-7-5-6-8-13(12)17-4/h5-9,14,16H,1-4H3. The fraction of sp³-hybridized carbons (Fsp3) is 0.333. The number of hydrogen-bond donors (Lipinski definition) is 1. The predicted molar refractivity (Wildman–Crippen MR) is 82.9 cm³/mol. The van der Waals surface area contributed by atoms with E-state index in [4.69, 9.17) is 0 Å². The Morgan fingerprint density at radius 1 is 1.22 bits per heavy atom. The van der Waals surface area contributed by atoms with Crippen LogP contribution in [-0.2, 0) is 0 Å². The van der Waals surface area contributed by atoms with Crippen molar-refractivity contribution in [1.82, 2.24) is 5.32 Å². The van der Waals surface area contributed by atoms with Crippen molar-refractivity contribution in [1.29, 1.82) is 0 Å². The predicted octanol–water partition coefficient (Wildman–Crippen LogP) is 4.40. The quantitative estimate of drug-likeness (QED) is 0.832. The van der Waals surface area contributed by atoms with Gasteiger partial charge in [-0.05, 0) is 50.4 Å². The van der Waals surface area contributed by atoms with Gasteiger partial charge in [0.1, 0.15) is 0 Å². The van der Waals surface area contributed by atoms with Gasteiger partial charge >= 0.3 is 0 Å². The molecule has 1 N–H and O–H groups in total. The van der Waals surface area contributed by atoms with Gasteiger partial charge in [0.05, 0.1) is 6.04 Å². The van der Waals surface area contributed by atoms with Crippen LogP contribution >= 0.6 is 23.1 Å². The molecule has 3 heteroatoms. The second kappa shape index (κ2) is 5.91. The summed E-state index contributed by atoms with van der Waals surface area (Å²) in [6.45, 7) is 4.37. The lowest BCUT2D eigenvalue weighted by molar-refractivity contribution is 0.688. The van der Waals surface area contributed by atoms with E-state index in [1.54, 1.807) is 0 Å². The number of benzene rings is 1. The maximum absolute atomic E-state index is 3.46. The van der Waals surface area contributed by atoms with Gasteiger partial charge in [-0.15, -0.1) is 23.1 Å². The molecular formula is C15H19NS2. The zero-order chi connectivity index (χ0) is 13.1. The van der Waals surface area contributed by atoms with Crippen molar-refractivity contribution in [3.05, 3.63) is 51.2 Å². The molecule has 1 atom stereocenters. The minimum Gasteiger partial charge on any atom is -0.309 e. The molecule has 2 rings (SSSR count). The maximum atomic E-state index is 3.46. The molecule has 1 unspecified atom stereocenters. The lowest BCUT2D eigenvalue weighted by Gasteiger charge is -2.19. The van der Waals surface area contributed by atoms with E-state index in [-0.39, 0.29) is 0 Å². The average molecular weight is 277 g/mol. The summed E-state index contributed by atoms with van der Waals surface area (Å²) < 4.78 is 0. The number of aryl methyl sites for hydroxylation is 2. The number of hydrogen-bond acceptors (Lipinski definition) is 3. The summed E-state index contributed by atoms with van der Waals surface area (Å²) in [5, 5.41) is 3.46. The van der Waals surface area contributed by atoms with E-state index in [0.717, 1.165) is 0 Å². The largest absolute Gasteiger partial charge is 0.309 e. The first-order chi connectivity index (χ1) is 8.67. The summed E-state index contributed by atoms with van der Waals surface area (Å²) in [6.07, 6.45) is 2.14. The van der Waals surface area contributed by atoms with Gasteiger partial charge in [0, 0.05) is 14.6 Å². The molecule has 0 spiro atoms. The summed E-state index contributed by atoms with van der Waals surface area (Å²) in [5.74, 6) is 0. The Bertz CT molecular complexity index is 531. The van der Waals surface area contributed by atoms with Crippen molar-refractivity contribution in [2.24, 2.45) is 0 Å². The molecule has 0 amide bonds. The fourth-order valence-electron chi connectivity index (χ4n) is 2.28. The molecule has 1 heterocycles. The molecule has 0 aliphatic carbocycles. The molecule has 1 nitrogen and oxygen atoms in total. The zero-order valence-electron chi connectivity index (χ0n) is 11.3. The van der Waals surface area contributed by atoms with E-state index in [0.29, 0.717) is 6.04 Å². The first kappa shape index (κ1) is 13.7. The lowest BCUT2D eigenvalue weighted by atomic mass is 10.0. The monoisotopic (exact) mass is 277 g/mol. The van der Waals surface area contributed by atoms with Crippen LogP contribution in [0.3, 0.4) is 0 Å². The lowest BCUT2D eigenvalue weighted by Crippen LogP contribution is -2.18. The molecule has 0 saturated heterocycles. The van der Waals surface area contributed by atoms with Gasteiger partial charge in [0.15, 0.2) is 0 Å². The van der Waals surface area contributed by atoms with Gasteiger partial charge < -0.3 is 5.32 Å². The van der Waals surface area contributed by atoms with E-state index in [2.05, 4.69) is 55.8 Å². The molecule has 1 aromatic heterocycles. The first-order valence-electron chi connectivity index (χ1n) is 6.04. The smallest absolute Gasteiger partial charge is 0.0682 e. The highest BCUT2D eigenvalue weighted by Crippen LogP contribution is 2.35. The Morgan fingerprint density at radius 2 is 1.94 bits per heavy atom. The van der Waals surface area contributed by atoms with Crippen molar-refractivity contribution in [3.63, 3.8) is 0 Å². The number of nitrogens with one attached hydrogen (secondary N) is 1. The van der Waals surface area contributed by atoms with Crippen LogP contribution in [0.15, 0.2) is 35.2 Å². The normalized spacial score (nSPS) is 12.7. The molecule has 96 valence electrons. The topological polar surface area (TPSA) is 12.0 Å². The summed E-state index contributed by atoms with van der Waals surface area (Å²) in [5.41, 5.74) is 2.75. The van der Waals surface area contributed by atoms with Crippen LogP contribution in [0.5, 0.6) is 0 Å². The Labute approximate surface area is 118 Å². The van der Waals surface area contributed by atoms with Gasteiger partial charge in [-0.1, -0.05) is 18.2 Å². The van der Waals surface area contributed by atoms with E-state index >= 15 is 0 Å². The minimum atomic E-state index is 0.298. The summed E-state index contributed by atoms with van der Waals surface area (Å²) in [7, 11) is 2.04. The highest BCUT2D eigenvalue weighted by molar-refractivity contribution is 7.98. The molecule has 0 fully saturated rings. The van der Waals surface area contributed by atoms with E-state index in [1.165, 1.54) is 25.8 Å². The van der Waals surface area contributed by atoms with Gasteiger partial charge in [-0.2, -0.15) is 0 Å². The van der Waals surface area contributed by atoms with Crippen molar-refractivity contribution in [3.8, 4) is 0 Å². The molecule has 2 aromatic rings. The Balaban J connectivity index is 2.48. The molecular weight excluding hydrogens is 258 g/mol. The van der Waals surface area contributed by atoms with Crippen LogP contribution in [-0.4, -0.2) is 13.3 Å². The van der Waals surface area contributed by atoms with Gasteiger partial charge in [0.25, 0.3) is 0 Å². The van der Waals surface area contributed by atoms with Crippen LogP contribution in [0.1, 0.15) is 26.9 Å². The Morgan fingerprint density at radius 3 is 2.50 bits per heavy atom. The molecule has 0 bridgehead atoms. The van der Waals surface area contributed by atoms with Crippen molar-refractivity contribution >= 4 is 23.1 Å². The zero-order valence-corrected chi connectivity index (χ0v) is 12.9. The first-order valence-corrected chi connectivity index (χ1v) is 8.08. The fourth-order valence-corrected chi connectivity index (χ4v) is 4.08. The third-order valence-electron chi connectivity index (χ3n) is 3.08. The van der Waals surface area contributed by atoms with Gasteiger partial charge in [-0.25, -0.2) is 0 Å². The van der Waals surface area contributed by atoms with Crippen molar-refractivity contribution < 1.29 is 0 Å². The van der Waals surface area contributed by atoms with Gasteiger partial charge in [-0.3, -0.25) is 0 Å². The number of thioether (sulfide) groups is 1. The average Bonchev–Trinajstić information content (AvgIpc) is 2.70. The van der Waals surface area contributed by atoms with Crippen molar-refractivity contribution in [2.75, 3.05) is 13.3 Å². The third kappa shape index (κ3) is 2.63. The highest BCUT2D eigenvalue weighted by Gasteiger charge is 2.18. The van der Waals surface area contributed by atoms with Crippen LogP contribution in [0.2, 0.25) is 0 Å². The minimum absolute atomic E-state index is 0.298. The molecule has 0 aliphatic rings. The molecule has 1 aromatic carbocycles. The van der Waals surface area contributed by atoms with Crippen LogP contribution in [0.4, 0.5) is 0 Å². The van der Waals surface area contributed by atoms with Crippen molar-refractivity contribution in [2.45, 2.75) is 24.8 Å². The van der Waals surface area contributed by atoms with Crippen LogP contribution in [0, 0.1) is 13.8 Å². The van der Waals surface area contributed by atoms with Crippen LogP contribution < -0.4 is 5.32 Å². The number of thiophene rings is 1. The number of rotatable bonds is 4. The Hall–Kier alpha value is -0.770. The second-order valence-corrected chi connectivity index (χ2v) is 6.50. The van der Waals surface area contributed by atoms with E-state index in [1.807, 2.05) is 30.1 Å². The summed E-state index contributed by atoms with van der Waals surface area (Å²) in [4.78, 5) is 4.16. The SMILES string of the molecule is CNC(c1ccccc1SC)c1sc(C)cc1C. The van der Waals surface area contributed by atoms with Gasteiger partial charge in [0.2, 0.25) is 0 Å². The molecule has 18 heavy (non-hydrogen) atoms. The highest BCUT2D eigenvalue weighted by atomic mass is 32.2. The molecule has 0 radical (unpaired) electrons. The van der Waals surface area contributed by atoms with Crippen LogP contribution in [0.25, 0.3) is 0 Å². The Kier molecular flexibility index (Phi) is 4.49. The maximum Gasteiger partial charge on any atom is 0.0682 e. The summed E-state index contributed by atoms with van der Waals surface area (Å²) >= 11 is 3.70. The van der Waals surface area contributed by atoms with E-state index < -0.39 is 0 Å². The third-order valence-corrected chi connectivity index (χ3v) is 5.11. The molecule has 0 aliphatic heterocycles. The van der Waals surface area contributed by atoms with E-state index in [9.17, 15) is 0 Å².